The molecule has 4 N–H and O–H groups in total. The average molecular weight is 208 g/mol. The van der Waals surface area contributed by atoms with Crippen molar-refractivity contribution >= 4 is 5.82 Å². The Morgan fingerprint density at radius 1 is 1.40 bits per heavy atom. The fourth-order valence-corrected chi connectivity index (χ4v) is 0.948. The van der Waals surface area contributed by atoms with Gasteiger partial charge in [-0.05, 0) is 18.1 Å². The minimum Gasteiger partial charge on any atom is -0.403 e. The predicted octanol–water partition coefficient (Wildman–Crippen LogP) is 1.78. The van der Waals surface area contributed by atoms with E-state index in [1.807, 2.05) is 26.0 Å². The van der Waals surface area contributed by atoms with Crippen molar-refractivity contribution in [3.63, 3.8) is 0 Å². The lowest BCUT2D eigenvalue weighted by atomic mass is 10.2. The number of nitrogens with two attached hydrogens (primary N) is 2. The Morgan fingerprint density at radius 3 is 2.47 bits per heavy atom. The molecule has 1 aromatic heterocycles. The summed E-state index contributed by atoms with van der Waals surface area (Å²) in [5.41, 5.74) is 6.38. The van der Waals surface area contributed by atoms with Gasteiger partial charge in [0.25, 0.3) is 0 Å². The lowest BCUT2D eigenvalue weighted by Crippen LogP contribution is -2.25. The SMILES string of the molecule is CC.CCc1ccc(N(N)/C=C\N)nc1. The third-order valence-electron chi connectivity index (χ3n) is 1.73. The van der Waals surface area contributed by atoms with Gasteiger partial charge in [-0.2, -0.15) is 0 Å². The molecular formula is C11H20N4. The van der Waals surface area contributed by atoms with Crippen molar-refractivity contribution in [3.8, 4) is 0 Å². The number of pyridine rings is 1. The van der Waals surface area contributed by atoms with E-state index in [-0.39, 0.29) is 0 Å². The van der Waals surface area contributed by atoms with E-state index in [0.29, 0.717) is 5.82 Å². The second-order valence-electron chi connectivity index (χ2n) is 2.63. The van der Waals surface area contributed by atoms with Crippen LogP contribution in [0.5, 0.6) is 0 Å². The van der Waals surface area contributed by atoms with Gasteiger partial charge < -0.3 is 5.73 Å². The molecule has 0 fully saturated rings. The summed E-state index contributed by atoms with van der Waals surface area (Å²) in [7, 11) is 0. The maximum Gasteiger partial charge on any atom is 0.146 e. The molecule has 4 heteroatoms. The highest BCUT2D eigenvalue weighted by Gasteiger charge is 1.97. The van der Waals surface area contributed by atoms with E-state index >= 15 is 0 Å². The van der Waals surface area contributed by atoms with Gasteiger partial charge in [-0.1, -0.05) is 26.8 Å². The number of aryl methyl sites for hydroxylation is 1. The second-order valence-corrected chi connectivity index (χ2v) is 2.63. The van der Waals surface area contributed by atoms with E-state index in [2.05, 4.69) is 11.9 Å². The first-order valence-corrected chi connectivity index (χ1v) is 5.15. The van der Waals surface area contributed by atoms with Gasteiger partial charge in [0.05, 0.1) is 0 Å². The van der Waals surface area contributed by atoms with Crippen LogP contribution in [0.1, 0.15) is 26.3 Å². The number of rotatable bonds is 3. The summed E-state index contributed by atoms with van der Waals surface area (Å²) in [5, 5.41) is 1.37. The van der Waals surface area contributed by atoms with Gasteiger partial charge in [-0.15, -0.1) is 0 Å². The summed E-state index contributed by atoms with van der Waals surface area (Å²) in [6.07, 6.45) is 5.70. The topological polar surface area (TPSA) is 68.2 Å². The number of aromatic nitrogens is 1. The number of hydrogen-bond donors (Lipinski definition) is 2. The summed E-state index contributed by atoms with van der Waals surface area (Å²) >= 11 is 0. The molecule has 0 atom stereocenters. The second kappa shape index (κ2) is 7.82. The molecule has 0 aromatic carbocycles. The first-order chi connectivity index (χ1) is 7.27. The molecule has 0 saturated heterocycles. The Hall–Kier alpha value is -1.55. The molecule has 1 aromatic rings. The van der Waals surface area contributed by atoms with Gasteiger partial charge in [-0.3, -0.25) is 5.01 Å². The van der Waals surface area contributed by atoms with Crippen LogP contribution < -0.4 is 16.6 Å². The quantitative estimate of drug-likeness (QED) is 0.587. The fourth-order valence-electron chi connectivity index (χ4n) is 0.948. The van der Waals surface area contributed by atoms with Gasteiger partial charge in [0, 0.05) is 18.6 Å². The van der Waals surface area contributed by atoms with Crippen molar-refractivity contribution in [3.05, 3.63) is 36.3 Å². The molecule has 4 nitrogen and oxygen atoms in total. The molecule has 0 radical (unpaired) electrons. The van der Waals surface area contributed by atoms with E-state index in [0.717, 1.165) is 6.42 Å². The van der Waals surface area contributed by atoms with Gasteiger partial charge in [0.15, 0.2) is 0 Å². The normalized spacial score (nSPS) is 9.60. The van der Waals surface area contributed by atoms with Crippen molar-refractivity contribution in [2.75, 3.05) is 5.01 Å². The molecule has 84 valence electrons. The van der Waals surface area contributed by atoms with E-state index < -0.39 is 0 Å². The highest BCUT2D eigenvalue weighted by Crippen LogP contribution is 2.08. The zero-order valence-electron chi connectivity index (χ0n) is 9.64. The molecule has 0 saturated carbocycles. The Labute approximate surface area is 91.6 Å². The molecule has 15 heavy (non-hydrogen) atoms. The fraction of sp³-hybridized carbons (Fsp3) is 0.364. The molecule has 1 heterocycles. The van der Waals surface area contributed by atoms with E-state index in [1.54, 1.807) is 12.4 Å². The first-order valence-electron chi connectivity index (χ1n) is 5.15. The number of hydrogen-bond acceptors (Lipinski definition) is 4. The minimum absolute atomic E-state index is 0.680. The summed E-state index contributed by atoms with van der Waals surface area (Å²) in [4.78, 5) is 4.16. The summed E-state index contributed by atoms with van der Waals surface area (Å²) in [6.45, 7) is 6.08. The molecular weight excluding hydrogens is 188 g/mol. The Kier molecular flexibility index (Phi) is 7.01. The lowest BCUT2D eigenvalue weighted by molar-refractivity contribution is 1.01. The Bertz CT molecular complexity index is 279. The van der Waals surface area contributed by atoms with Crippen molar-refractivity contribution in [2.24, 2.45) is 11.6 Å². The van der Waals surface area contributed by atoms with Crippen molar-refractivity contribution < 1.29 is 0 Å². The van der Waals surface area contributed by atoms with Crippen molar-refractivity contribution in [1.29, 1.82) is 0 Å². The van der Waals surface area contributed by atoms with Crippen LogP contribution >= 0.6 is 0 Å². The van der Waals surface area contributed by atoms with Crippen molar-refractivity contribution in [2.45, 2.75) is 27.2 Å². The smallest absolute Gasteiger partial charge is 0.146 e. The molecule has 0 unspecified atom stereocenters. The van der Waals surface area contributed by atoms with Gasteiger partial charge in [0.1, 0.15) is 5.82 Å². The van der Waals surface area contributed by atoms with Gasteiger partial charge in [-0.25, -0.2) is 10.8 Å². The van der Waals surface area contributed by atoms with Crippen LogP contribution in [-0.2, 0) is 6.42 Å². The summed E-state index contributed by atoms with van der Waals surface area (Å²) < 4.78 is 0. The van der Waals surface area contributed by atoms with Crippen LogP contribution in [0.25, 0.3) is 0 Å². The first kappa shape index (κ1) is 13.4. The largest absolute Gasteiger partial charge is 0.403 e. The maximum atomic E-state index is 5.60. The van der Waals surface area contributed by atoms with Gasteiger partial charge in [0.2, 0.25) is 0 Å². The van der Waals surface area contributed by atoms with Gasteiger partial charge >= 0.3 is 0 Å². The van der Waals surface area contributed by atoms with Crippen LogP contribution in [0.4, 0.5) is 5.82 Å². The monoisotopic (exact) mass is 208 g/mol. The lowest BCUT2D eigenvalue weighted by Gasteiger charge is -2.11. The van der Waals surface area contributed by atoms with Crippen LogP contribution in [0.2, 0.25) is 0 Å². The molecule has 0 spiro atoms. The molecule has 0 bridgehead atoms. The van der Waals surface area contributed by atoms with E-state index in [1.165, 1.54) is 16.8 Å². The molecule has 0 aliphatic heterocycles. The van der Waals surface area contributed by atoms with Crippen LogP contribution in [0, 0.1) is 0 Å². The standard InChI is InChI=1S/C9H14N4.C2H6/c1-2-8-3-4-9(12-7-8)13(11)6-5-10;1-2/h3-7H,2,10-11H2,1H3;1-2H3/b6-5-;. The van der Waals surface area contributed by atoms with Crippen LogP contribution in [0.15, 0.2) is 30.7 Å². The summed E-state index contributed by atoms with van der Waals surface area (Å²) in [6, 6.07) is 3.85. The molecule has 1 rings (SSSR count). The number of nitrogens with zero attached hydrogens (tertiary/aromatic N) is 2. The highest BCUT2D eigenvalue weighted by atomic mass is 15.4. The predicted molar refractivity (Wildman–Crippen MR) is 65.0 cm³/mol. The Balaban J connectivity index is 0.000000921. The van der Waals surface area contributed by atoms with Crippen LogP contribution in [-0.4, -0.2) is 4.98 Å². The molecule has 0 amide bonds. The minimum atomic E-state index is 0.680. The number of hydrazine groups is 1. The van der Waals surface area contributed by atoms with E-state index in [4.69, 9.17) is 11.6 Å². The zero-order chi connectivity index (χ0) is 11.7. The third-order valence-corrected chi connectivity index (χ3v) is 1.73. The zero-order valence-corrected chi connectivity index (χ0v) is 9.64. The highest BCUT2D eigenvalue weighted by molar-refractivity contribution is 5.40. The Morgan fingerprint density at radius 2 is 2.07 bits per heavy atom. The number of anilines is 1. The third kappa shape index (κ3) is 4.46. The van der Waals surface area contributed by atoms with Crippen LogP contribution in [0.3, 0.4) is 0 Å². The van der Waals surface area contributed by atoms with E-state index in [9.17, 15) is 0 Å². The maximum absolute atomic E-state index is 5.60. The van der Waals surface area contributed by atoms with Crippen molar-refractivity contribution in [1.82, 2.24) is 4.98 Å². The molecule has 0 aliphatic rings. The summed E-state index contributed by atoms with van der Waals surface area (Å²) in [5.74, 6) is 6.28. The molecule has 0 aliphatic carbocycles. The average Bonchev–Trinajstić information content (AvgIpc) is 2.32.